The third-order valence-electron chi connectivity index (χ3n) is 6.05. The number of hydrogen-bond donors (Lipinski definition) is 1. The molecule has 7 nitrogen and oxygen atoms in total. The number of aryl methyl sites for hydroxylation is 2. The van der Waals surface area contributed by atoms with Crippen LogP contribution in [0, 0.1) is 0 Å². The highest BCUT2D eigenvalue weighted by atomic mass is 32.2. The molecule has 2 heterocycles. The van der Waals surface area contributed by atoms with Crippen molar-refractivity contribution in [1.29, 1.82) is 0 Å². The van der Waals surface area contributed by atoms with Crippen molar-refractivity contribution in [3.05, 3.63) is 71.6 Å². The van der Waals surface area contributed by atoms with Gasteiger partial charge < -0.3 is 9.73 Å². The summed E-state index contributed by atoms with van der Waals surface area (Å²) in [5.41, 5.74) is 5.61. The Morgan fingerprint density at radius 3 is 2.76 bits per heavy atom. The van der Waals surface area contributed by atoms with Crippen LogP contribution in [0.4, 0.5) is 5.82 Å². The SMILES string of the molecule is O=C(CSc1nnc(C2CC2)o1)Nc1cc(-c2ccc3c(c2)CCC3)nn1-c1ccccc1. The first kappa shape index (κ1) is 20.2. The number of hydrogen-bond acceptors (Lipinski definition) is 6. The number of rotatable bonds is 7. The number of aromatic nitrogens is 4. The molecule has 6 rings (SSSR count). The zero-order valence-corrected chi connectivity index (χ0v) is 18.8. The lowest BCUT2D eigenvalue weighted by Crippen LogP contribution is -2.16. The minimum atomic E-state index is -0.149. The van der Waals surface area contributed by atoms with Crippen LogP contribution in [0.3, 0.4) is 0 Å². The van der Waals surface area contributed by atoms with E-state index >= 15 is 0 Å². The van der Waals surface area contributed by atoms with Gasteiger partial charge in [0.1, 0.15) is 5.82 Å². The van der Waals surface area contributed by atoms with E-state index in [1.54, 1.807) is 4.68 Å². The minimum Gasteiger partial charge on any atom is -0.416 e. The lowest BCUT2D eigenvalue weighted by molar-refractivity contribution is -0.113. The highest BCUT2D eigenvalue weighted by molar-refractivity contribution is 7.99. The number of carbonyl (C=O) groups is 1. The first-order valence-electron chi connectivity index (χ1n) is 11.3. The molecule has 166 valence electrons. The van der Waals surface area contributed by atoms with Crippen LogP contribution in [0.5, 0.6) is 0 Å². The van der Waals surface area contributed by atoms with E-state index in [2.05, 4.69) is 33.7 Å². The molecule has 8 heteroatoms. The third-order valence-corrected chi connectivity index (χ3v) is 6.87. The van der Waals surface area contributed by atoms with Gasteiger partial charge in [-0.25, -0.2) is 4.68 Å². The van der Waals surface area contributed by atoms with Crippen LogP contribution in [-0.4, -0.2) is 31.6 Å². The van der Waals surface area contributed by atoms with E-state index in [1.165, 1.54) is 29.3 Å². The first-order chi connectivity index (χ1) is 16.2. The molecule has 2 aromatic carbocycles. The highest BCUT2D eigenvalue weighted by Gasteiger charge is 2.29. The maximum Gasteiger partial charge on any atom is 0.277 e. The van der Waals surface area contributed by atoms with Gasteiger partial charge in [-0.1, -0.05) is 42.1 Å². The smallest absolute Gasteiger partial charge is 0.277 e. The monoisotopic (exact) mass is 457 g/mol. The molecule has 33 heavy (non-hydrogen) atoms. The molecule has 1 amide bonds. The molecule has 1 N–H and O–H groups in total. The number of amides is 1. The molecule has 2 aromatic heterocycles. The molecular formula is C25H23N5O2S. The average Bonchev–Trinajstić information content (AvgIpc) is 3.23. The number of fused-ring (bicyclic) bond motifs is 1. The van der Waals surface area contributed by atoms with E-state index in [0.717, 1.165) is 42.6 Å². The van der Waals surface area contributed by atoms with Gasteiger partial charge in [-0.05, 0) is 61.4 Å². The van der Waals surface area contributed by atoms with Crippen molar-refractivity contribution < 1.29 is 9.21 Å². The largest absolute Gasteiger partial charge is 0.416 e. The van der Waals surface area contributed by atoms with Gasteiger partial charge in [-0.15, -0.1) is 10.2 Å². The van der Waals surface area contributed by atoms with Crippen molar-refractivity contribution in [2.75, 3.05) is 11.1 Å². The summed E-state index contributed by atoms with van der Waals surface area (Å²) in [7, 11) is 0. The van der Waals surface area contributed by atoms with Crippen LogP contribution in [0.2, 0.25) is 0 Å². The number of nitrogens with zero attached hydrogens (tertiary/aromatic N) is 4. The van der Waals surface area contributed by atoms with Crippen LogP contribution >= 0.6 is 11.8 Å². The maximum atomic E-state index is 12.8. The topological polar surface area (TPSA) is 85.8 Å². The van der Waals surface area contributed by atoms with Gasteiger partial charge in [-0.2, -0.15) is 5.10 Å². The van der Waals surface area contributed by atoms with E-state index < -0.39 is 0 Å². The average molecular weight is 458 g/mol. The zero-order valence-electron chi connectivity index (χ0n) is 18.0. The molecule has 0 atom stereocenters. The zero-order chi connectivity index (χ0) is 22.2. The molecule has 4 aromatic rings. The third kappa shape index (κ3) is 4.30. The molecule has 0 saturated heterocycles. The van der Waals surface area contributed by atoms with Gasteiger partial charge in [-0.3, -0.25) is 4.79 Å². The summed E-state index contributed by atoms with van der Waals surface area (Å²) in [6.07, 6.45) is 5.67. The molecule has 1 saturated carbocycles. The van der Waals surface area contributed by atoms with Crippen LogP contribution in [0.1, 0.15) is 42.2 Å². The number of benzene rings is 2. The van der Waals surface area contributed by atoms with Crippen molar-refractivity contribution in [3.8, 4) is 16.9 Å². The predicted molar refractivity (Wildman–Crippen MR) is 127 cm³/mol. The van der Waals surface area contributed by atoms with Gasteiger partial charge in [0.2, 0.25) is 11.8 Å². The lowest BCUT2D eigenvalue weighted by atomic mass is 10.0. The summed E-state index contributed by atoms with van der Waals surface area (Å²) in [6, 6.07) is 18.3. The normalized spacial score (nSPS) is 14.9. The molecule has 1 fully saturated rings. The molecule has 0 bridgehead atoms. The summed E-state index contributed by atoms with van der Waals surface area (Å²) in [5, 5.41) is 16.4. The number of para-hydroxylation sites is 1. The van der Waals surface area contributed by atoms with E-state index in [0.29, 0.717) is 22.8 Å². The van der Waals surface area contributed by atoms with Crippen molar-refractivity contribution in [1.82, 2.24) is 20.0 Å². The number of thioether (sulfide) groups is 1. The van der Waals surface area contributed by atoms with Crippen molar-refractivity contribution in [2.45, 2.75) is 43.2 Å². The molecule has 0 spiro atoms. The van der Waals surface area contributed by atoms with Crippen LogP contribution in [-0.2, 0) is 17.6 Å². The summed E-state index contributed by atoms with van der Waals surface area (Å²) in [6.45, 7) is 0. The Labute approximate surface area is 195 Å². The van der Waals surface area contributed by atoms with Gasteiger partial charge >= 0.3 is 0 Å². The fourth-order valence-corrected chi connectivity index (χ4v) is 4.76. The quantitative estimate of drug-likeness (QED) is 0.392. The fraction of sp³-hybridized carbons (Fsp3) is 0.280. The second-order valence-corrected chi connectivity index (χ2v) is 9.44. The molecule has 2 aliphatic carbocycles. The van der Waals surface area contributed by atoms with E-state index in [1.807, 2.05) is 36.4 Å². The number of anilines is 1. The van der Waals surface area contributed by atoms with Crippen LogP contribution < -0.4 is 5.32 Å². The van der Waals surface area contributed by atoms with Gasteiger partial charge in [0.05, 0.1) is 17.1 Å². The van der Waals surface area contributed by atoms with Crippen molar-refractivity contribution in [3.63, 3.8) is 0 Å². The summed E-state index contributed by atoms with van der Waals surface area (Å²) in [4.78, 5) is 12.8. The maximum absolute atomic E-state index is 12.8. The Hall–Kier alpha value is -3.39. The van der Waals surface area contributed by atoms with E-state index in [9.17, 15) is 4.79 Å². The molecule has 0 radical (unpaired) electrons. The van der Waals surface area contributed by atoms with Crippen LogP contribution in [0.15, 0.2) is 64.2 Å². The predicted octanol–water partition coefficient (Wildman–Crippen LogP) is 5.02. The number of nitrogens with one attached hydrogen (secondary N) is 1. The minimum absolute atomic E-state index is 0.149. The highest BCUT2D eigenvalue weighted by Crippen LogP contribution is 2.39. The van der Waals surface area contributed by atoms with E-state index in [-0.39, 0.29) is 11.7 Å². The first-order valence-corrected chi connectivity index (χ1v) is 12.3. The summed E-state index contributed by atoms with van der Waals surface area (Å²) >= 11 is 1.25. The molecular weight excluding hydrogens is 434 g/mol. The fourth-order valence-electron chi connectivity index (χ4n) is 4.19. The van der Waals surface area contributed by atoms with Gasteiger partial charge in [0.25, 0.3) is 5.22 Å². The van der Waals surface area contributed by atoms with E-state index in [4.69, 9.17) is 9.52 Å². The van der Waals surface area contributed by atoms with Gasteiger partial charge in [0.15, 0.2) is 0 Å². The Morgan fingerprint density at radius 2 is 1.91 bits per heavy atom. The molecule has 0 unspecified atom stereocenters. The Balaban J connectivity index is 1.23. The summed E-state index contributed by atoms with van der Waals surface area (Å²) in [5.74, 6) is 1.74. The lowest BCUT2D eigenvalue weighted by Gasteiger charge is -2.08. The van der Waals surface area contributed by atoms with Crippen molar-refractivity contribution in [2.24, 2.45) is 0 Å². The Kier molecular flexibility index (Phi) is 5.22. The second kappa shape index (κ2) is 8.51. The Bertz CT molecular complexity index is 1310. The van der Waals surface area contributed by atoms with Gasteiger partial charge in [0, 0.05) is 17.5 Å². The second-order valence-electron chi connectivity index (χ2n) is 8.52. The molecule has 2 aliphatic rings. The van der Waals surface area contributed by atoms with Crippen molar-refractivity contribution >= 4 is 23.5 Å². The standard InChI is InChI=1S/C25H23N5O2S/c31-23(15-33-25-28-27-24(32-25)17-10-11-17)26-22-14-21(29-30(22)20-7-2-1-3-8-20)19-12-9-16-5-4-6-18(16)13-19/h1-3,7-9,12-14,17H,4-6,10-11,15H2,(H,26,31). The molecule has 0 aliphatic heterocycles. The number of carbonyl (C=O) groups excluding carboxylic acids is 1. The summed E-state index contributed by atoms with van der Waals surface area (Å²) < 4.78 is 7.42. The Morgan fingerprint density at radius 1 is 1.06 bits per heavy atom. The van der Waals surface area contributed by atoms with Crippen LogP contribution in [0.25, 0.3) is 16.9 Å².